The normalized spacial score (nSPS) is 16.8. The van der Waals surface area contributed by atoms with Crippen LogP contribution in [-0.2, 0) is 23.9 Å². The van der Waals surface area contributed by atoms with Crippen LogP contribution in [0.25, 0.3) is 0 Å². The van der Waals surface area contributed by atoms with E-state index in [1.165, 1.54) is 0 Å². The second kappa shape index (κ2) is 6.75. The summed E-state index contributed by atoms with van der Waals surface area (Å²) in [4.78, 5) is 42.3. The van der Waals surface area contributed by atoms with Crippen LogP contribution in [0.4, 0.5) is 0 Å². The Morgan fingerprint density at radius 3 is 1.11 bits per heavy atom. The summed E-state index contributed by atoms with van der Waals surface area (Å²) in [5, 5.41) is 51.8. The van der Waals surface area contributed by atoms with Crippen LogP contribution in [0, 0.1) is 0 Å². The number of carboxylic acids is 2. The average Bonchev–Trinajstić information content (AvgIpc) is 2.34. The van der Waals surface area contributed by atoms with Gasteiger partial charge < -0.3 is 35.4 Å². The maximum atomic E-state index is 10.9. The number of aliphatic carboxylic acids is 2. The fraction of sp³-hybridized carbons (Fsp3) is 0.500. The Hall–Kier alpha value is -2.08. The van der Waals surface area contributed by atoms with Crippen LogP contribution in [0.3, 0.4) is 0 Å². The van der Waals surface area contributed by atoms with Crippen LogP contribution >= 0.6 is 0 Å². The molecule has 0 saturated carbocycles. The molecule has 108 valence electrons. The maximum absolute atomic E-state index is 10.9. The predicted octanol–water partition coefficient (Wildman–Crippen LogP) is -4.33. The molecule has 11 heteroatoms. The van der Waals surface area contributed by atoms with Crippen molar-refractivity contribution < 1.29 is 54.6 Å². The Morgan fingerprint density at radius 2 is 0.895 bits per heavy atom. The largest absolute Gasteiger partial charge is 0.479 e. The maximum Gasteiger partial charge on any atom is 0.346 e. The SMILES string of the molecule is O=C(O)C(O)C(O)C(=O)OC(=O)C(O)C(O)C(=O)O. The third-order valence-corrected chi connectivity index (χ3v) is 1.79. The van der Waals surface area contributed by atoms with E-state index >= 15 is 0 Å². The summed E-state index contributed by atoms with van der Waals surface area (Å²) in [5.41, 5.74) is 0. The van der Waals surface area contributed by atoms with Crippen LogP contribution in [0.1, 0.15) is 0 Å². The highest BCUT2D eigenvalue weighted by molar-refractivity contribution is 5.94. The Bertz CT molecular complexity index is 352. The van der Waals surface area contributed by atoms with Crippen molar-refractivity contribution >= 4 is 23.9 Å². The summed E-state index contributed by atoms with van der Waals surface area (Å²) >= 11 is 0. The Labute approximate surface area is 104 Å². The Balaban J connectivity index is 4.61. The molecule has 0 fully saturated rings. The van der Waals surface area contributed by atoms with Gasteiger partial charge in [0, 0.05) is 0 Å². The summed E-state index contributed by atoms with van der Waals surface area (Å²) in [6.07, 6.45) is -10.4. The van der Waals surface area contributed by atoms with Gasteiger partial charge in [-0.1, -0.05) is 0 Å². The van der Waals surface area contributed by atoms with Crippen molar-refractivity contribution in [3.05, 3.63) is 0 Å². The van der Waals surface area contributed by atoms with Crippen molar-refractivity contribution in [1.82, 2.24) is 0 Å². The number of ether oxygens (including phenoxy) is 1. The van der Waals surface area contributed by atoms with Crippen LogP contribution in [0.2, 0.25) is 0 Å². The highest BCUT2D eigenvalue weighted by Gasteiger charge is 2.37. The fourth-order valence-corrected chi connectivity index (χ4v) is 0.748. The predicted molar refractivity (Wildman–Crippen MR) is 50.4 cm³/mol. The molecule has 0 amide bonds. The van der Waals surface area contributed by atoms with Crippen molar-refractivity contribution in [2.45, 2.75) is 24.4 Å². The molecule has 19 heavy (non-hydrogen) atoms. The van der Waals surface area contributed by atoms with E-state index in [9.17, 15) is 19.2 Å². The summed E-state index contributed by atoms with van der Waals surface area (Å²) in [6.45, 7) is 0. The van der Waals surface area contributed by atoms with Gasteiger partial charge in [-0.3, -0.25) is 0 Å². The lowest BCUT2D eigenvalue weighted by atomic mass is 10.2. The molecule has 11 nitrogen and oxygen atoms in total. The molecule has 0 aromatic carbocycles. The highest BCUT2D eigenvalue weighted by Crippen LogP contribution is 2.02. The van der Waals surface area contributed by atoms with Crippen LogP contribution < -0.4 is 0 Å². The molecule has 6 N–H and O–H groups in total. The minimum atomic E-state index is -2.63. The van der Waals surface area contributed by atoms with Crippen molar-refractivity contribution in [2.75, 3.05) is 0 Å². The summed E-state index contributed by atoms with van der Waals surface area (Å²) < 4.78 is 3.69. The fourth-order valence-electron chi connectivity index (χ4n) is 0.748. The lowest BCUT2D eigenvalue weighted by molar-refractivity contribution is -0.184. The lowest BCUT2D eigenvalue weighted by Crippen LogP contribution is -2.45. The van der Waals surface area contributed by atoms with Gasteiger partial charge in [0.25, 0.3) is 0 Å². The molecule has 0 aliphatic carbocycles. The summed E-state index contributed by atoms with van der Waals surface area (Å²) in [6, 6.07) is 0. The molecule has 0 saturated heterocycles. The number of carbonyl (C=O) groups excluding carboxylic acids is 2. The van der Waals surface area contributed by atoms with Gasteiger partial charge in [0.2, 0.25) is 0 Å². The molecule has 4 atom stereocenters. The second-order valence-corrected chi connectivity index (χ2v) is 3.20. The van der Waals surface area contributed by atoms with Gasteiger partial charge >= 0.3 is 23.9 Å². The van der Waals surface area contributed by atoms with Crippen molar-refractivity contribution in [3.63, 3.8) is 0 Å². The monoisotopic (exact) mass is 282 g/mol. The van der Waals surface area contributed by atoms with Crippen LogP contribution in [0.5, 0.6) is 0 Å². The second-order valence-electron chi connectivity index (χ2n) is 3.20. The average molecular weight is 282 g/mol. The summed E-state index contributed by atoms with van der Waals surface area (Å²) in [7, 11) is 0. The summed E-state index contributed by atoms with van der Waals surface area (Å²) in [5.74, 6) is -7.83. The zero-order valence-electron chi connectivity index (χ0n) is 9.03. The number of hydrogen-bond donors (Lipinski definition) is 6. The molecular formula is C8H10O11. The van der Waals surface area contributed by atoms with Gasteiger partial charge in [0.1, 0.15) is 0 Å². The number of aliphatic hydroxyl groups excluding tert-OH is 4. The molecule has 0 rings (SSSR count). The molecule has 0 aromatic rings. The molecular weight excluding hydrogens is 272 g/mol. The van der Waals surface area contributed by atoms with Crippen molar-refractivity contribution in [3.8, 4) is 0 Å². The van der Waals surface area contributed by atoms with Gasteiger partial charge in [-0.15, -0.1) is 0 Å². The van der Waals surface area contributed by atoms with Crippen molar-refractivity contribution in [1.29, 1.82) is 0 Å². The third-order valence-electron chi connectivity index (χ3n) is 1.79. The number of esters is 2. The smallest absolute Gasteiger partial charge is 0.346 e. The van der Waals surface area contributed by atoms with E-state index in [-0.39, 0.29) is 0 Å². The molecule has 0 radical (unpaired) electrons. The standard InChI is InChI=1S/C8H10O11/c9-1(5(13)14)3(11)7(17)19-8(18)4(12)2(10)6(15)16/h1-4,9-12H,(H,13,14)(H,15,16). The number of hydrogen-bond acceptors (Lipinski definition) is 9. The highest BCUT2D eigenvalue weighted by atomic mass is 16.6. The molecule has 0 aliphatic rings. The van der Waals surface area contributed by atoms with Gasteiger partial charge in [-0.2, -0.15) is 0 Å². The first-order valence-electron chi connectivity index (χ1n) is 4.53. The van der Waals surface area contributed by atoms with E-state index in [2.05, 4.69) is 4.74 Å². The van der Waals surface area contributed by atoms with E-state index < -0.39 is 48.3 Å². The van der Waals surface area contributed by atoms with E-state index in [1.54, 1.807) is 0 Å². The van der Waals surface area contributed by atoms with Crippen LogP contribution in [-0.4, -0.2) is 78.9 Å². The number of carbonyl (C=O) groups is 4. The molecule has 0 aliphatic heterocycles. The number of rotatable bonds is 6. The van der Waals surface area contributed by atoms with Gasteiger partial charge in [-0.25, -0.2) is 19.2 Å². The van der Waals surface area contributed by atoms with E-state index in [4.69, 9.17) is 30.6 Å². The minimum Gasteiger partial charge on any atom is -0.479 e. The molecule has 0 heterocycles. The van der Waals surface area contributed by atoms with Gasteiger partial charge in [0.15, 0.2) is 24.4 Å². The minimum absolute atomic E-state index is 1.93. The molecule has 4 unspecified atom stereocenters. The number of aliphatic hydroxyl groups is 4. The lowest BCUT2D eigenvalue weighted by Gasteiger charge is -2.15. The zero-order chi connectivity index (χ0) is 15.3. The molecule has 0 bridgehead atoms. The van der Waals surface area contributed by atoms with Gasteiger partial charge in [0.05, 0.1) is 0 Å². The Morgan fingerprint density at radius 1 is 0.632 bits per heavy atom. The topological polar surface area (TPSA) is 199 Å². The van der Waals surface area contributed by atoms with Gasteiger partial charge in [-0.05, 0) is 0 Å². The zero-order valence-corrected chi connectivity index (χ0v) is 9.03. The first-order chi connectivity index (χ1) is 8.59. The van der Waals surface area contributed by atoms with E-state index in [1.807, 2.05) is 0 Å². The first kappa shape index (κ1) is 16.9. The Kier molecular flexibility index (Phi) is 6.01. The third kappa shape index (κ3) is 4.59. The van der Waals surface area contributed by atoms with E-state index in [0.717, 1.165) is 0 Å². The number of carboxylic acid groups (broad SMARTS) is 2. The molecule has 0 spiro atoms. The quantitative estimate of drug-likeness (QED) is 0.203. The molecule has 0 aromatic heterocycles. The van der Waals surface area contributed by atoms with Crippen LogP contribution in [0.15, 0.2) is 0 Å². The van der Waals surface area contributed by atoms with Crippen molar-refractivity contribution in [2.24, 2.45) is 0 Å². The first-order valence-corrected chi connectivity index (χ1v) is 4.53. The van der Waals surface area contributed by atoms with E-state index in [0.29, 0.717) is 0 Å².